The number of hydrogen-bond acceptors (Lipinski definition) is 3. The van der Waals surface area contributed by atoms with Crippen LogP contribution in [0.5, 0.6) is 0 Å². The molecule has 0 aromatic carbocycles. The molecule has 2 rings (SSSR count). The van der Waals surface area contributed by atoms with Gasteiger partial charge in [0, 0.05) is 6.54 Å². The Kier molecular flexibility index (Phi) is 4.54. The Morgan fingerprint density at radius 2 is 2.06 bits per heavy atom. The van der Waals surface area contributed by atoms with E-state index < -0.39 is 0 Å². The maximum absolute atomic E-state index is 4.38. The minimum atomic E-state index is 0.406. The van der Waals surface area contributed by atoms with Crippen molar-refractivity contribution in [1.29, 1.82) is 0 Å². The van der Waals surface area contributed by atoms with Gasteiger partial charge in [0.25, 0.3) is 0 Å². The molecule has 1 aromatic heterocycles. The molecule has 1 unspecified atom stereocenters. The number of nitrogens with zero attached hydrogens (tertiary/aromatic N) is 3. The maximum Gasteiger partial charge on any atom is 0.150 e. The minimum absolute atomic E-state index is 0.406. The average molecular weight is 236 g/mol. The van der Waals surface area contributed by atoms with E-state index in [1.165, 1.54) is 32.1 Å². The van der Waals surface area contributed by atoms with Crippen LogP contribution in [0.2, 0.25) is 0 Å². The predicted octanol–water partition coefficient (Wildman–Crippen LogP) is 2.59. The first-order chi connectivity index (χ1) is 8.33. The monoisotopic (exact) mass is 236 g/mol. The van der Waals surface area contributed by atoms with Crippen molar-refractivity contribution >= 4 is 0 Å². The van der Waals surface area contributed by atoms with E-state index in [2.05, 4.69) is 33.9 Å². The smallest absolute Gasteiger partial charge is 0.150 e. The molecule has 1 N–H and O–H groups in total. The summed E-state index contributed by atoms with van der Waals surface area (Å²) in [4.78, 5) is 0. The van der Waals surface area contributed by atoms with Crippen molar-refractivity contribution in [2.75, 3.05) is 6.54 Å². The van der Waals surface area contributed by atoms with Crippen LogP contribution < -0.4 is 5.32 Å². The van der Waals surface area contributed by atoms with Gasteiger partial charge in [-0.3, -0.25) is 0 Å². The highest BCUT2D eigenvalue weighted by Crippen LogP contribution is 2.21. The van der Waals surface area contributed by atoms with Crippen molar-refractivity contribution in [3.8, 4) is 0 Å². The van der Waals surface area contributed by atoms with Gasteiger partial charge in [0.05, 0.1) is 6.04 Å². The van der Waals surface area contributed by atoms with Crippen LogP contribution in [0.3, 0.4) is 0 Å². The molecule has 4 heteroatoms. The molecule has 1 saturated heterocycles. The standard InChI is InChI=1S/C13H24N4/c1-3-10-17-11(2)15-16-13(17)12-8-6-4-5-7-9-14-12/h12,14H,3-10H2,1-2H3. The topological polar surface area (TPSA) is 42.7 Å². The van der Waals surface area contributed by atoms with Crippen LogP contribution in [0, 0.1) is 6.92 Å². The van der Waals surface area contributed by atoms with Crippen LogP contribution in [-0.2, 0) is 6.54 Å². The maximum atomic E-state index is 4.38. The summed E-state index contributed by atoms with van der Waals surface area (Å²) in [7, 11) is 0. The molecule has 0 saturated carbocycles. The van der Waals surface area contributed by atoms with E-state index in [4.69, 9.17) is 0 Å². The number of aromatic nitrogens is 3. The van der Waals surface area contributed by atoms with Gasteiger partial charge in [0.1, 0.15) is 11.6 Å². The molecule has 4 nitrogen and oxygen atoms in total. The Hall–Kier alpha value is -0.900. The van der Waals surface area contributed by atoms with Gasteiger partial charge in [-0.25, -0.2) is 0 Å². The van der Waals surface area contributed by atoms with Gasteiger partial charge in [-0.1, -0.05) is 26.2 Å². The highest BCUT2D eigenvalue weighted by atomic mass is 15.3. The summed E-state index contributed by atoms with van der Waals surface area (Å²) in [5.41, 5.74) is 0. The number of hydrogen-bond donors (Lipinski definition) is 1. The zero-order valence-corrected chi connectivity index (χ0v) is 11.1. The van der Waals surface area contributed by atoms with Crippen LogP contribution in [0.1, 0.15) is 63.1 Å². The van der Waals surface area contributed by atoms with Crippen molar-refractivity contribution in [1.82, 2.24) is 20.1 Å². The van der Waals surface area contributed by atoms with E-state index in [1.807, 2.05) is 0 Å². The van der Waals surface area contributed by atoms with Crippen molar-refractivity contribution in [3.05, 3.63) is 11.6 Å². The van der Waals surface area contributed by atoms with Gasteiger partial charge >= 0.3 is 0 Å². The lowest BCUT2D eigenvalue weighted by atomic mass is 10.0. The molecule has 1 aliphatic heterocycles. The second-order valence-electron chi connectivity index (χ2n) is 4.97. The third kappa shape index (κ3) is 3.06. The second-order valence-corrected chi connectivity index (χ2v) is 4.97. The quantitative estimate of drug-likeness (QED) is 0.877. The molecule has 1 fully saturated rings. The lowest BCUT2D eigenvalue weighted by Gasteiger charge is -2.21. The van der Waals surface area contributed by atoms with Crippen molar-refractivity contribution in [2.24, 2.45) is 0 Å². The Morgan fingerprint density at radius 3 is 2.88 bits per heavy atom. The molecule has 17 heavy (non-hydrogen) atoms. The second kappa shape index (κ2) is 6.15. The van der Waals surface area contributed by atoms with Crippen LogP contribution in [-0.4, -0.2) is 21.3 Å². The molecule has 96 valence electrons. The van der Waals surface area contributed by atoms with Crippen molar-refractivity contribution in [3.63, 3.8) is 0 Å². The lowest BCUT2D eigenvalue weighted by molar-refractivity contribution is 0.399. The molecule has 0 amide bonds. The fourth-order valence-corrected chi connectivity index (χ4v) is 2.58. The summed E-state index contributed by atoms with van der Waals surface area (Å²) in [5.74, 6) is 2.19. The van der Waals surface area contributed by atoms with E-state index in [9.17, 15) is 0 Å². The van der Waals surface area contributed by atoms with Crippen molar-refractivity contribution in [2.45, 2.75) is 65.0 Å². The molecule has 0 bridgehead atoms. The summed E-state index contributed by atoms with van der Waals surface area (Å²) in [6.45, 7) is 6.40. The Labute approximate surface area is 104 Å². The van der Waals surface area contributed by atoms with E-state index in [-0.39, 0.29) is 0 Å². The zero-order chi connectivity index (χ0) is 12.1. The highest BCUT2D eigenvalue weighted by molar-refractivity contribution is 5.00. The first kappa shape index (κ1) is 12.6. The highest BCUT2D eigenvalue weighted by Gasteiger charge is 2.19. The average Bonchev–Trinajstić information content (AvgIpc) is 2.62. The Balaban J connectivity index is 2.13. The van der Waals surface area contributed by atoms with E-state index >= 15 is 0 Å². The predicted molar refractivity (Wildman–Crippen MR) is 68.9 cm³/mol. The molecule has 2 heterocycles. The summed E-state index contributed by atoms with van der Waals surface area (Å²) in [6.07, 6.45) is 7.65. The van der Waals surface area contributed by atoms with Gasteiger partial charge in [0.15, 0.2) is 0 Å². The Morgan fingerprint density at radius 1 is 1.24 bits per heavy atom. The van der Waals surface area contributed by atoms with E-state index in [1.54, 1.807) is 0 Å². The van der Waals surface area contributed by atoms with Gasteiger partial charge in [-0.2, -0.15) is 0 Å². The lowest BCUT2D eigenvalue weighted by Crippen LogP contribution is -2.27. The minimum Gasteiger partial charge on any atom is -0.314 e. The first-order valence-electron chi connectivity index (χ1n) is 6.96. The largest absolute Gasteiger partial charge is 0.314 e. The Bertz CT molecular complexity index is 337. The molecule has 1 aliphatic rings. The van der Waals surface area contributed by atoms with Gasteiger partial charge in [-0.05, 0) is 32.7 Å². The molecule has 0 radical (unpaired) electrons. The van der Waals surface area contributed by atoms with Crippen molar-refractivity contribution < 1.29 is 0 Å². The summed E-state index contributed by atoms with van der Waals surface area (Å²) in [5, 5.41) is 12.2. The number of rotatable bonds is 3. The first-order valence-corrected chi connectivity index (χ1v) is 6.96. The molecule has 1 aromatic rings. The van der Waals surface area contributed by atoms with Crippen LogP contribution in [0.25, 0.3) is 0 Å². The van der Waals surface area contributed by atoms with Gasteiger partial charge in [-0.15, -0.1) is 10.2 Å². The number of aryl methyl sites for hydroxylation is 1. The summed E-state index contributed by atoms with van der Waals surface area (Å²) < 4.78 is 2.28. The van der Waals surface area contributed by atoms with E-state index in [0.717, 1.165) is 31.2 Å². The third-order valence-electron chi connectivity index (χ3n) is 3.53. The molecular formula is C13H24N4. The summed E-state index contributed by atoms with van der Waals surface area (Å²) in [6, 6.07) is 0.406. The number of nitrogens with one attached hydrogen (secondary N) is 1. The molecule has 0 spiro atoms. The fourth-order valence-electron chi connectivity index (χ4n) is 2.58. The fraction of sp³-hybridized carbons (Fsp3) is 0.846. The zero-order valence-electron chi connectivity index (χ0n) is 11.1. The SMILES string of the molecule is CCCn1c(C)nnc1C1CCCCCCN1. The van der Waals surface area contributed by atoms with E-state index in [0.29, 0.717) is 6.04 Å². The van der Waals surface area contributed by atoms with Gasteiger partial charge < -0.3 is 9.88 Å². The molecule has 1 atom stereocenters. The molecular weight excluding hydrogens is 212 g/mol. The normalized spacial score (nSPS) is 22.1. The van der Waals surface area contributed by atoms with Crippen LogP contribution >= 0.6 is 0 Å². The molecule has 0 aliphatic carbocycles. The summed E-state index contributed by atoms with van der Waals surface area (Å²) >= 11 is 0. The van der Waals surface area contributed by atoms with Crippen LogP contribution in [0.4, 0.5) is 0 Å². The van der Waals surface area contributed by atoms with Crippen LogP contribution in [0.15, 0.2) is 0 Å². The van der Waals surface area contributed by atoms with Gasteiger partial charge in [0.2, 0.25) is 0 Å². The third-order valence-corrected chi connectivity index (χ3v) is 3.53.